The Balaban J connectivity index is 2.11. The molecule has 2 rings (SSSR count). The van der Waals surface area contributed by atoms with Gasteiger partial charge in [-0.3, -0.25) is 9.59 Å². The molecule has 5 nitrogen and oxygen atoms in total. The van der Waals surface area contributed by atoms with Gasteiger partial charge in [0.15, 0.2) is 0 Å². The molecule has 0 saturated carbocycles. The van der Waals surface area contributed by atoms with Crippen LogP contribution >= 0.6 is 0 Å². The van der Waals surface area contributed by atoms with Crippen LogP contribution < -0.4 is 10.1 Å². The summed E-state index contributed by atoms with van der Waals surface area (Å²) in [5.74, 6) is 0.448. The Kier molecular flexibility index (Phi) is 4.74. The average Bonchev–Trinajstić information content (AvgIpc) is 2.49. The van der Waals surface area contributed by atoms with Gasteiger partial charge >= 0.3 is 0 Å². The molecule has 1 aliphatic heterocycles. The molecule has 1 heterocycles. The second kappa shape index (κ2) is 6.38. The Labute approximate surface area is 131 Å². The molecule has 0 aromatic heterocycles. The minimum atomic E-state index is -0.559. The molecule has 1 N–H and O–H groups in total. The number of ether oxygens (including phenoxy) is 1. The molecule has 1 fully saturated rings. The first kappa shape index (κ1) is 16.3. The third-order valence-corrected chi connectivity index (χ3v) is 4.25. The summed E-state index contributed by atoms with van der Waals surface area (Å²) in [5, 5.41) is 3.06. The van der Waals surface area contributed by atoms with E-state index in [4.69, 9.17) is 4.74 Å². The molecule has 1 aromatic rings. The molecular formula is C17H24N2O3. The molecule has 22 heavy (non-hydrogen) atoms. The number of piperidine rings is 1. The van der Waals surface area contributed by atoms with Crippen molar-refractivity contribution in [2.24, 2.45) is 5.92 Å². The number of para-hydroxylation sites is 1. The van der Waals surface area contributed by atoms with Gasteiger partial charge in [-0.25, -0.2) is 0 Å². The minimum absolute atomic E-state index is 0.0292. The number of hydrogen-bond acceptors (Lipinski definition) is 3. The number of carbonyl (C=O) groups is 2. The van der Waals surface area contributed by atoms with Crippen molar-refractivity contribution in [3.63, 3.8) is 0 Å². The molecule has 5 heteroatoms. The minimum Gasteiger partial charge on any atom is -0.496 e. The van der Waals surface area contributed by atoms with E-state index in [1.807, 2.05) is 38.1 Å². The van der Waals surface area contributed by atoms with Gasteiger partial charge in [0.25, 0.3) is 0 Å². The summed E-state index contributed by atoms with van der Waals surface area (Å²) in [5.41, 5.74) is 0.362. The van der Waals surface area contributed by atoms with Gasteiger partial charge in [-0.15, -0.1) is 0 Å². The van der Waals surface area contributed by atoms with Gasteiger partial charge in [-0.1, -0.05) is 18.2 Å². The number of nitrogens with zero attached hydrogens (tertiary/aromatic N) is 1. The van der Waals surface area contributed by atoms with Crippen molar-refractivity contribution in [2.75, 3.05) is 20.7 Å². The van der Waals surface area contributed by atoms with E-state index in [2.05, 4.69) is 5.32 Å². The average molecular weight is 304 g/mol. The zero-order valence-corrected chi connectivity index (χ0v) is 13.7. The van der Waals surface area contributed by atoms with Crippen molar-refractivity contribution >= 4 is 11.8 Å². The molecule has 0 spiro atoms. The Morgan fingerprint density at radius 3 is 2.68 bits per heavy atom. The molecule has 1 saturated heterocycles. The lowest BCUT2D eigenvalue weighted by molar-refractivity contribution is -0.139. The third-order valence-electron chi connectivity index (χ3n) is 4.25. The zero-order chi connectivity index (χ0) is 16.3. The molecule has 0 aliphatic carbocycles. The summed E-state index contributed by atoms with van der Waals surface area (Å²) in [4.78, 5) is 26.0. The fourth-order valence-electron chi connectivity index (χ4n) is 2.81. The van der Waals surface area contributed by atoms with Crippen LogP contribution in [0.2, 0.25) is 0 Å². The van der Waals surface area contributed by atoms with Crippen molar-refractivity contribution in [1.29, 1.82) is 0 Å². The summed E-state index contributed by atoms with van der Waals surface area (Å²) in [6.45, 7) is 4.52. The molecule has 120 valence electrons. The van der Waals surface area contributed by atoms with Gasteiger partial charge in [0.1, 0.15) is 5.75 Å². The van der Waals surface area contributed by atoms with E-state index in [0.29, 0.717) is 13.0 Å². The topological polar surface area (TPSA) is 58.6 Å². The number of methoxy groups -OCH3 is 1. The number of likely N-dealkylation sites (tertiary alicyclic amines) is 1. The van der Waals surface area contributed by atoms with Crippen LogP contribution in [0.3, 0.4) is 0 Å². The number of amides is 2. The van der Waals surface area contributed by atoms with Crippen molar-refractivity contribution in [3.05, 3.63) is 29.8 Å². The molecule has 0 bridgehead atoms. The van der Waals surface area contributed by atoms with Crippen LogP contribution in [0, 0.1) is 5.92 Å². The number of hydrogen-bond donors (Lipinski definition) is 1. The van der Waals surface area contributed by atoms with Gasteiger partial charge in [-0.05, 0) is 26.3 Å². The summed E-state index contributed by atoms with van der Waals surface area (Å²) < 4.78 is 5.38. The predicted molar refractivity (Wildman–Crippen MR) is 84.5 cm³/mol. The highest BCUT2D eigenvalue weighted by Gasteiger charge is 2.33. The van der Waals surface area contributed by atoms with Crippen LogP contribution in [0.4, 0.5) is 0 Å². The van der Waals surface area contributed by atoms with Crippen LogP contribution in [0.5, 0.6) is 5.75 Å². The SMILES string of the molecule is COc1ccccc1C(C)(C)NC(=O)C1CCN(C)C(=O)C1. The number of benzene rings is 1. The molecule has 0 radical (unpaired) electrons. The fraction of sp³-hybridized carbons (Fsp3) is 0.529. The summed E-state index contributed by atoms with van der Waals surface area (Å²) >= 11 is 0. The lowest BCUT2D eigenvalue weighted by atomic mass is 9.90. The molecule has 1 aromatic carbocycles. The van der Waals surface area contributed by atoms with E-state index >= 15 is 0 Å². The summed E-state index contributed by atoms with van der Waals surface area (Å²) in [6.07, 6.45) is 0.987. The lowest BCUT2D eigenvalue weighted by Gasteiger charge is -2.33. The van der Waals surface area contributed by atoms with Crippen molar-refractivity contribution in [3.8, 4) is 5.75 Å². The van der Waals surface area contributed by atoms with E-state index in [0.717, 1.165) is 11.3 Å². The summed E-state index contributed by atoms with van der Waals surface area (Å²) in [6, 6.07) is 7.64. The normalized spacial score (nSPS) is 19.0. The standard InChI is InChI=1S/C17H24N2O3/c1-17(2,13-7-5-6-8-14(13)22-4)18-16(21)12-9-10-19(3)15(20)11-12/h5-8,12H,9-11H2,1-4H3,(H,18,21). The lowest BCUT2D eigenvalue weighted by Crippen LogP contribution is -2.47. The maximum absolute atomic E-state index is 12.5. The maximum Gasteiger partial charge on any atom is 0.224 e. The second-order valence-electron chi connectivity index (χ2n) is 6.32. The van der Waals surface area contributed by atoms with Crippen LogP contribution in [0.25, 0.3) is 0 Å². The number of rotatable bonds is 4. The van der Waals surface area contributed by atoms with Gasteiger partial charge in [0.2, 0.25) is 11.8 Å². The van der Waals surface area contributed by atoms with Crippen molar-refractivity contribution < 1.29 is 14.3 Å². The van der Waals surface area contributed by atoms with Gasteiger partial charge in [-0.2, -0.15) is 0 Å². The first-order chi connectivity index (χ1) is 10.3. The van der Waals surface area contributed by atoms with Crippen LogP contribution in [0.1, 0.15) is 32.3 Å². The molecule has 1 aliphatic rings. The monoisotopic (exact) mass is 304 g/mol. The first-order valence-electron chi connectivity index (χ1n) is 7.54. The van der Waals surface area contributed by atoms with E-state index in [1.54, 1.807) is 19.1 Å². The number of carbonyl (C=O) groups excluding carboxylic acids is 2. The first-order valence-corrected chi connectivity index (χ1v) is 7.54. The van der Waals surface area contributed by atoms with Crippen molar-refractivity contribution in [1.82, 2.24) is 10.2 Å². The Bertz CT molecular complexity index is 569. The Morgan fingerprint density at radius 1 is 1.36 bits per heavy atom. The highest BCUT2D eigenvalue weighted by molar-refractivity contribution is 5.87. The molecule has 1 unspecified atom stereocenters. The largest absolute Gasteiger partial charge is 0.496 e. The van der Waals surface area contributed by atoms with Crippen LogP contribution in [0.15, 0.2) is 24.3 Å². The highest BCUT2D eigenvalue weighted by atomic mass is 16.5. The summed E-state index contributed by atoms with van der Waals surface area (Å²) in [7, 11) is 3.39. The maximum atomic E-state index is 12.5. The van der Waals surface area contributed by atoms with Gasteiger partial charge in [0.05, 0.1) is 12.6 Å². The third kappa shape index (κ3) is 3.40. The smallest absolute Gasteiger partial charge is 0.224 e. The van der Waals surface area contributed by atoms with Gasteiger partial charge < -0.3 is 15.0 Å². The van der Waals surface area contributed by atoms with E-state index in [9.17, 15) is 9.59 Å². The highest BCUT2D eigenvalue weighted by Crippen LogP contribution is 2.30. The van der Waals surface area contributed by atoms with E-state index in [1.165, 1.54) is 0 Å². The molecule has 2 amide bonds. The quantitative estimate of drug-likeness (QED) is 0.924. The Hall–Kier alpha value is -2.04. The molecular weight excluding hydrogens is 280 g/mol. The van der Waals surface area contributed by atoms with Crippen molar-refractivity contribution in [2.45, 2.75) is 32.2 Å². The number of nitrogens with one attached hydrogen (secondary N) is 1. The van der Waals surface area contributed by atoms with Crippen LogP contribution in [-0.4, -0.2) is 37.4 Å². The fourth-order valence-corrected chi connectivity index (χ4v) is 2.81. The predicted octanol–water partition coefficient (Wildman–Crippen LogP) is 1.91. The van der Waals surface area contributed by atoms with E-state index < -0.39 is 5.54 Å². The van der Waals surface area contributed by atoms with Gasteiger partial charge in [0, 0.05) is 31.5 Å². The van der Waals surface area contributed by atoms with E-state index in [-0.39, 0.29) is 24.2 Å². The zero-order valence-electron chi connectivity index (χ0n) is 13.7. The second-order valence-corrected chi connectivity index (χ2v) is 6.32. The van der Waals surface area contributed by atoms with Crippen LogP contribution in [-0.2, 0) is 15.1 Å². The Morgan fingerprint density at radius 2 is 2.05 bits per heavy atom. The molecule has 1 atom stereocenters.